The third-order valence-corrected chi connectivity index (χ3v) is 2.42. The van der Waals surface area contributed by atoms with E-state index in [0.717, 1.165) is 11.1 Å². The van der Waals surface area contributed by atoms with Crippen LogP contribution in [0.1, 0.15) is 21.5 Å². The summed E-state index contributed by atoms with van der Waals surface area (Å²) in [6, 6.07) is 5.62. The van der Waals surface area contributed by atoms with E-state index in [-0.39, 0.29) is 17.4 Å². The van der Waals surface area contributed by atoms with Crippen molar-refractivity contribution in [1.29, 1.82) is 0 Å². The lowest BCUT2D eigenvalue weighted by molar-refractivity contribution is 0.0958. The summed E-state index contributed by atoms with van der Waals surface area (Å²) >= 11 is 4.69. The number of hydrogen-bond donors (Lipinski definition) is 2. The van der Waals surface area contributed by atoms with Gasteiger partial charge in [-0.2, -0.15) is 0 Å². The molecule has 4 heteroatoms. The van der Waals surface area contributed by atoms with Crippen LogP contribution in [0.5, 0.6) is 0 Å². The highest BCUT2D eigenvalue weighted by atomic mass is 32.1. The monoisotopic (exact) mass is 222 g/mol. The van der Waals surface area contributed by atoms with Gasteiger partial charge in [0.25, 0.3) is 5.91 Å². The van der Waals surface area contributed by atoms with Gasteiger partial charge in [0.05, 0.1) is 11.5 Å². The highest BCUT2D eigenvalue weighted by Crippen LogP contribution is 2.12. The minimum atomic E-state index is -0.135. The summed E-state index contributed by atoms with van der Waals surface area (Å²) in [4.78, 5) is 12.0. The zero-order valence-corrected chi connectivity index (χ0v) is 9.65. The Bertz CT molecular complexity index is 402. The SMILES string of the molecule is Cc1cccc(C(=O)NCC(N)=S)c1C. The van der Waals surface area contributed by atoms with E-state index in [4.69, 9.17) is 5.73 Å². The number of nitrogens with two attached hydrogens (primary N) is 1. The first-order chi connectivity index (χ1) is 7.02. The molecule has 0 atom stereocenters. The summed E-state index contributed by atoms with van der Waals surface area (Å²) in [6.07, 6.45) is 0. The Kier molecular flexibility index (Phi) is 3.80. The first-order valence-corrected chi connectivity index (χ1v) is 5.06. The molecule has 3 nitrogen and oxygen atoms in total. The van der Waals surface area contributed by atoms with Crippen molar-refractivity contribution < 1.29 is 4.79 Å². The van der Waals surface area contributed by atoms with Crippen molar-refractivity contribution in [2.45, 2.75) is 13.8 Å². The first kappa shape index (κ1) is 11.7. The van der Waals surface area contributed by atoms with E-state index in [0.29, 0.717) is 5.56 Å². The molecule has 1 aromatic carbocycles. The Morgan fingerprint density at radius 1 is 1.47 bits per heavy atom. The number of aryl methyl sites for hydroxylation is 1. The molecule has 1 aromatic rings. The molecule has 0 saturated heterocycles. The zero-order chi connectivity index (χ0) is 11.4. The topological polar surface area (TPSA) is 55.1 Å². The second-order valence-electron chi connectivity index (χ2n) is 3.40. The lowest BCUT2D eigenvalue weighted by atomic mass is 10.0. The van der Waals surface area contributed by atoms with Gasteiger partial charge in [0.2, 0.25) is 0 Å². The summed E-state index contributed by atoms with van der Waals surface area (Å²) in [5.74, 6) is -0.135. The van der Waals surface area contributed by atoms with Crippen LogP contribution >= 0.6 is 12.2 Å². The maximum Gasteiger partial charge on any atom is 0.251 e. The molecule has 15 heavy (non-hydrogen) atoms. The van der Waals surface area contributed by atoms with Crippen LogP contribution in [-0.4, -0.2) is 17.4 Å². The fraction of sp³-hybridized carbons (Fsp3) is 0.273. The van der Waals surface area contributed by atoms with Crippen molar-refractivity contribution in [2.75, 3.05) is 6.54 Å². The first-order valence-electron chi connectivity index (χ1n) is 4.65. The Morgan fingerprint density at radius 2 is 2.13 bits per heavy atom. The summed E-state index contributed by atoms with van der Waals surface area (Å²) in [5, 5.41) is 2.66. The molecule has 0 aliphatic heterocycles. The molecule has 0 aromatic heterocycles. The zero-order valence-electron chi connectivity index (χ0n) is 8.83. The van der Waals surface area contributed by atoms with E-state index in [1.165, 1.54) is 0 Å². The minimum Gasteiger partial charge on any atom is -0.392 e. The van der Waals surface area contributed by atoms with E-state index < -0.39 is 0 Å². The molecule has 0 aliphatic carbocycles. The second-order valence-corrected chi connectivity index (χ2v) is 3.92. The summed E-state index contributed by atoms with van der Waals surface area (Å²) in [5.41, 5.74) is 8.06. The average Bonchev–Trinajstić information content (AvgIpc) is 2.18. The van der Waals surface area contributed by atoms with Gasteiger partial charge in [0, 0.05) is 5.56 Å². The van der Waals surface area contributed by atoms with E-state index in [1.807, 2.05) is 26.0 Å². The van der Waals surface area contributed by atoms with Crippen molar-refractivity contribution in [3.05, 3.63) is 34.9 Å². The highest BCUT2D eigenvalue weighted by Gasteiger charge is 2.09. The smallest absolute Gasteiger partial charge is 0.251 e. The number of carbonyl (C=O) groups excluding carboxylic acids is 1. The third kappa shape index (κ3) is 3.02. The van der Waals surface area contributed by atoms with Gasteiger partial charge in [-0.3, -0.25) is 4.79 Å². The molecule has 0 spiro atoms. The number of rotatable bonds is 3. The third-order valence-electron chi connectivity index (χ3n) is 2.27. The normalized spacial score (nSPS) is 9.73. The van der Waals surface area contributed by atoms with Crippen molar-refractivity contribution in [3.63, 3.8) is 0 Å². The summed E-state index contributed by atoms with van der Waals surface area (Å²) in [7, 11) is 0. The van der Waals surface area contributed by atoms with Crippen LogP contribution in [0.25, 0.3) is 0 Å². The van der Waals surface area contributed by atoms with E-state index in [9.17, 15) is 4.79 Å². The molecular formula is C11H14N2OS. The van der Waals surface area contributed by atoms with Crippen LogP contribution in [0.3, 0.4) is 0 Å². The fourth-order valence-corrected chi connectivity index (χ4v) is 1.33. The molecule has 0 fully saturated rings. The van der Waals surface area contributed by atoms with Gasteiger partial charge in [-0.1, -0.05) is 24.4 Å². The molecule has 0 aliphatic rings. The fourth-order valence-electron chi connectivity index (χ4n) is 1.26. The maximum atomic E-state index is 11.7. The Balaban J connectivity index is 2.82. The van der Waals surface area contributed by atoms with Crippen LogP contribution in [0.2, 0.25) is 0 Å². The molecule has 1 amide bonds. The lowest BCUT2D eigenvalue weighted by Gasteiger charge is -2.08. The van der Waals surface area contributed by atoms with Crippen molar-refractivity contribution in [1.82, 2.24) is 5.32 Å². The molecule has 0 saturated carbocycles. The quantitative estimate of drug-likeness (QED) is 0.758. The van der Waals surface area contributed by atoms with Gasteiger partial charge in [-0.05, 0) is 31.0 Å². The number of nitrogens with one attached hydrogen (secondary N) is 1. The Labute approximate surface area is 94.7 Å². The number of carbonyl (C=O) groups is 1. The maximum absolute atomic E-state index is 11.7. The molecular weight excluding hydrogens is 208 g/mol. The molecule has 0 bridgehead atoms. The van der Waals surface area contributed by atoms with Crippen LogP contribution in [-0.2, 0) is 0 Å². The van der Waals surface area contributed by atoms with E-state index in [2.05, 4.69) is 17.5 Å². The standard InChI is InChI=1S/C11H14N2OS/c1-7-4-3-5-9(8(7)2)11(14)13-6-10(12)15/h3-5H,6H2,1-2H3,(H2,12,15)(H,13,14). The van der Waals surface area contributed by atoms with E-state index >= 15 is 0 Å². The molecule has 80 valence electrons. The molecule has 0 heterocycles. The largest absolute Gasteiger partial charge is 0.392 e. The Morgan fingerprint density at radius 3 is 2.73 bits per heavy atom. The summed E-state index contributed by atoms with van der Waals surface area (Å²) in [6.45, 7) is 4.13. The van der Waals surface area contributed by atoms with Gasteiger partial charge in [-0.25, -0.2) is 0 Å². The van der Waals surface area contributed by atoms with E-state index in [1.54, 1.807) is 6.07 Å². The van der Waals surface area contributed by atoms with Crippen LogP contribution in [0.15, 0.2) is 18.2 Å². The minimum absolute atomic E-state index is 0.135. The van der Waals surface area contributed by atoms with Crippen LogP contribution in [0, 0.1) is 13.8 Å². The number of amides is 1. The predicted octanol–water partition coefficient (Wildman–Crippen LogP) is 1.32. The Hall–Kier alpha value is -1.42. The number of hydrogen-bond acceptors (Lipinski definition) is 2. The van der Waals surface area contributed by atoms with Crippen molar-refractivity contribution >= 4 is 23.1 Å². The van der Waals surface area contributed by atoms with Crippen molar-refractivity contribution in [3.8, 4) is 0 Å². The molecule has 3 N–H and O–H groups in total. The second kappa shape index (κ2) is 4.89. The molecule has 1 rings (SSSR count). The lowest BCUT2D eigenvalue weighted by Crippen LogP contribution is -2.32. The summed E-state index contributed by atoms with van der Waals surface area (Å²) < 4.78 is 0. The van der Waals surface area contributed by atoms with Gasteiger partial charge >= 0.3 is 0 Å². The molecule has 0 radical (unpaired) electrons. The predicted molar refractivity (Wildman–Crippen MR) is 65.0 cm³/mol. The average molecular weight is 222 g/mol. The van der Waals surface area contributed by atoms with Gasteiger partial charge in [0.15, 0.2) is 0 Å². The number of benzene rings is 1. The highest BCUT2D eigenvalue weighted by molar-refractivity contribution is 7.80. The van der Waals surface area contributed by atoms with Gasteiger partial charge in [0.1, 0.15) is 0 Å². The molecule has 0 unspecified atom stereocenters. The van der Waals surface area contributed by atoms with Crippen LogP contribution in [0.4, 0.5) is 0 Å². The number of thiocarbonyl (C=S) groups is 1. The van der Waals surface area contributed by atoms with Gasteiger partial charge in [-0.15, -0.1) is 0 Å². The van der Waals surface area contributed by atoms with Crippen molar-refractivity contribution in [2.24, 2.45) is 5.73 Å². The van der Waals surface area contributed by atoms with Crippen LogP contribution < -0.4 is 11.1 Å². The van der Waals surface area contributed by atoms with Gasteiger partial charge < -0.3 is 11.1 Å².